The monoisotopic (exact) mass is 648 g/mol. The molecule has 0 saturated carbocycles. The van der Waals surface area contributed by atoms with E-state index in [1.807, 2.05) is 13.8 Å². The van der Waals surface area contributed by atoms with Gasteiger partial charge in [0.1, 0.15) is 17.4 Å². The molecule has 0 saturated heterocycles. The van der Waals surface area contributed by atoms with E-state index in [-0.39, 0.29) is 46.3 Å². The Morgan fingerprint density at radius 2 is 1.67 bits per heavy atom. The first-order valence-electron chi connectivity index (χ1n) is 14.8. The van der Waals surface area contributed by atoms with E-state index < -0.39 is 33.7 Å². The maximum atomic E-state index is 13.7. The molecular formula is C33H36N4O8S. The molecule has 1 atom stereocenters. The average molecular weight is 649 g/mol. The third-order valence-electron chi connectivity index (χ3n) is 6.94. The molecule has 2 aromatic carbocycles. The van der Waals surface area contributed by atoms with E-state index in [0.29, 0.717) is 22.2 Å². The molecule has 3 aromatic heterocycles. The van der Waals surface area contributed by atoms with Gasteiger partial charge in [-0.05, 0) is 58.7 Å². The topological polar surface area (TPSA) is 156 Å². The Labute approximate surface area is 266 Å². The van der Waals surface area contributed by atoms with Gasteiger partial charge in [0.2, 0.25) is 11.8 Å². The number of ether oxygens (including phenoxy) is 2. The van der Waals surface area contributed by atoms with Crippen molar-refractivity contribution < 1.29 is 36.3 Å². The molecule has 13 heteroatoms. The van der Waals surface area contributed by atoms with Crippen LogP contribution in [0.4, 0.5) is 4.79 Å². The van der Waals surface area contributed by atoms with Gasteiger partial charge in [0, 0.05) is 17.1 Å². The molecule has 0 aliphatic carbocycles. The molecule has 0 spiro atoms. The molecule has 0 aliphatic rings. The summed E-state index contributed by atoms with van der Waals surface area (Å²) >= 11 is 0. The minimum Gasteiger partial charge on any atom is -0.461 e. The number of carbonyl (C=O) groups excluding carboxylic acids is 2. The number of alkyl carbamates (subject to hydrolysis) is 1. The summed E-state index contributed by atoms with van der Waals surface area (Å²) in [5.74, 6) is -0.425. The Hall–Kier alpha value is -4.91. The Morgan fingerprint density at radius 3 is 2.33 bits per heavy atom. The fourth-order valence-electron chi connectivity index (χ4n) is 4.87. The number of rotatable bonds is 9. The molecule has 5 aromatic rings. The number of amides is 1. The predicted molar refractivity (Wildman–Crippen MR) is 170 cm³/mol. The summed E-state index contributed by atoms with van der Waals surface area (Å²) in [6, 6.07) is 14.2. The van der Waals surface area contributed by atoms with Gasteiger partial charge in [-0.2, -0.15) is 4.98 Å². The maximum absolute atomic E-state index is 13.7. The fourth-order valence-corrected chi connectivity index (χ4v) is 6.26. The predicted octanol–water partition coefficient (Wildman–Crippen LogP) is 6.90. The van der Waals surface area contributed by atoms with Crippen molar-refractivity contribution in [3.05, 3.63) is 78.1 Å². The zero-order chi connectivity index (χ0) is 33.4. The minimum absolute atomic E-state index is 0.00269. The first-order valence-corrected chi connectivity index (χ1v) is 16.2. The quantitative estimate of drug-likeness (QED) is 0.167. The van der Waals surface area contributed by atoms with Crippen LogP contribution in [0.15, 0.2) is 74.5 Å². The third kappa shape index (κ3) is 6.41. The molecule has 0 bridgehead atoms. The van der Waals surface area contributed by atoms with Gasteiger partial charge in [0.15, 0.2) is 17.1 Å². The van der Waals surface area contributed by atoms with Crippen LogP contribution < -0.4 is 5.32 Å². The van der Waals surface area contributed by atoms with Crippen LogP contribution in [0.25, 0.3) is 33.8 Å². The normalized spacial score (nSPS) is 12.8. The maximum Gasteiger partial charge on any atom is 0.408 e. The molecule has 1 N–H and O–H groups in total. The zero-order valence-corrected chi connectivity index (χ0v) is 27.5. The highest BCUT2D eigenvalue weighted by atomic mass is 32.2. The highest BCUT2D eigenvalue weighted by Crippen LogP contribution is 2.38. The summed E-state index contributed by atoms with van der Waals surface area (Å²) in [4.78, 5) is 34.9. The molecular weight excluding hydrogens is 612 g/mol. The molecule has 0 radical (unpaired) electrons. The number of nitrogens with zero attached hydrogens (tertiary/aromatic N) is 3. The molecule has 1 amide bonds. The smallest absolute Gasteiger partial charge is 0.408 e. The van der Waals surface area contributed by atoms with Gasteiger partial charge in [-0.3, -0.25) is 0 Å². The van der Waals surface area contributed by atoms with Crippen LogP contribution in [0.2, 0.25) is 0 Å². The number of oxazole rings is 2. The number of esters is 1. The number of aromatic nitrogens is 3. The highest BCUT2D eigenvalue weighted by Gasteiger charge is 2.32. The van der Waals surface area contributed by atoms with Gasteiger partial charge in [0.05, 0.1) is 17.0 Å². The molecule has 0 unspecified atom stereocenters. The van der Waals surface area contributed by atoms with Crippen LogP contribution in [0.3, 0.4) is 0 Å². The molecule has 3 heterocycles. The van der Waals surface area contributed by atoms with Gasteiger partial charge in [-0.25, -0.2) is 27.0 Å². The van der Waals surface area contributed by atoms with Gasteiger partial charge in [-0.1, -0.05) is 50.2 Å². The number of hydrogen-bond acceptors (Lipinski definition) is 10. The second-order valence-corrected chi connectivity index (χ2v) is 13.7. The van der Waals surface area contributed by atoms with Crippen molar-refractivity contribution in [2.24, 2.45) is 5.92 Å². The first kappa shape index (κ1) is 32.5. The van der Waals surface area contributed by atoms with E-state index in [1.165, 1.54) is 18.3 Å². The van der Waals surface area contributed by atoms with Crippen molar-refractivity contribution in [1.82, 2.24) is 19.3 Å². The van der Waals surface area contributed by atoms with E-state index >= 15 is 0 Å². The lowest BCUT2D eigenvalue weighted by Gasteiger charge is -2.24. The number of fused-ring (bicyclic) bond motifs is 1. The summed E-state index contributed by atoms with van der Waals surface area (Å²) in [7, 11) is -4.02. The third-order valence-corrected chi connectivity index (χ3v) is 8.63. The van der Waals surface area contributed by atoms with Crippen molar-refractivity contribution >= 4 is 33.0 Å². The molecule has 0 fully saturated rings. The SMILES string of the molecule is CCOC(=O)c1nc(-c2nc([C@@H](NC(=O)OC(C)(C)C)C(C)C)oc2C)oc1-c1cn(S(=O)(=O)c2ccccc2)c2ccccc12. The number of para-hydroxylation sites is 1. The van der Waals surface area contributed by atoms with Crippen molar-refractivity contribution in [1.29, 1.82) is 0 Å². The van der Waals surface area contributed by atoms with Gasteiger partial charge < -0.3 is 23.6 Å². The van der Waals surface area contributed by atoms with E-state index in [9.17, 15) is 18.0 Å². The van der Waals surface area contributed by atoms with Gasteiger partial charge in [0.25, 0.3) is 10.0 Å². The van der Waals surface area contributed by atoms with Crippen LogP contribution in [-0.4, -0.2) is 46.6 Å². The number of carbonyl (C=O) groups is 2. The summed E-state index contributed by atoms with van der Waals surface area (Å²) in [6.07, 6.45) is 0.772. The van der Waals surface area contributed by atoms with Crippen molar-refractivity contribution in [3.8, 4) is 22.9 Å². The molecule has 0 aliphatic heterocycles. The molecule has 46 heavy (non-hydrogen) atoms. The van der Waals surface area contributed by atoms with E-state index in [0.717, 1.165) is 3.97 Å². The summed E-state index contributed by atoms with van der Waals surface area (Å²) < 4.78 is 51.5. The van der Waals surface area contributed by atoms with Crippen molar-refractivity contribution in [2.75, 3.05) is 6.61 Å². The Kier molecular flexibility index (Phi) is 8.81. The fraction of sp³-hybridized carbons (Fsp3) is 0.333. The Balaban J connectivity index is 1.63. The molecule has 242 valence electrons. The zero-order valence-electron chi connectivity index (χ0n) is 26.7. The second kappa shape index (κ2) is 12.5. The van der Waals surface area contributed by atoms with Crippen LogP contribution >= 0.6 is 0 Å². The number of hydrogen-bond donors (Lipinski definition) is 1. The Morgan fingerprint density at radius 1 is 1.00 bits per heavy atom. The summed E-state index contributed by atoms with van der Waals surface area (Å²) in [6.45, 7) is 12.5. The average Bonchev–Trinajstić information content (AvgIpc) is 3.70. The highest BCUT2D eigenvalue weighted by molar-refractivity contribution is 7.90. The molecule has 5 rings (SSSR count). The van der Waals surface area contributed by atoms with Crippen LogP contribution in [0.1, 0.15) is 69.7 Å². The first-order chi connectivity index (χ1) is 21.7. The number of nitrogens with one attached hydrogen (secondary N) is 1. The lowest BCUT2D eigenvalue weighted by molar-refractivity contribution is 0.0476. The van der Waals surface area contributed by atoms with Crippen LogP contribution in [0.5, 0.6) is 0 Å². The standard InChI is InChI=1S/C33H36N4O8S/c1-8-42-31(38)27-28(23-18-37(24-17-13-12-16-22(23)24)46(40,41)21-14-10-9-11-15-21)44-30(35-27)26-20(4)43-29(34-26)25(19(2)3)36-32(39)45-33(5,6)7/h9-19,25H,8H2,1-7H3,(H,36,39)/t25-/m0/s1. The van der Waals surface area contributed by atoms with E-state index in [1.54, 1.807) is 77.1 Å². The second-order valence-electron chi connectivity index (χ2n) is 11.9. The number of aryl methyl sites for hydroxylation is 1. The van der Waals surface area contributed by atoms with E-state index in [2.05, 4.69) is 15.3 Å². The Bertz CT molecular complexity index is 2000. The lowest BCUT2D eigenvalue weighted by atomic mass is 10.0. The summed E-state index contributed by atoms with van der Waals surface area (Å²) in [5, 5.41) is 3.32. The number of benzene rings is 2. The van der Waals surface area contributed by atoms with E-state index in [4.69, 9.17) is 18.3 Å². The minimum atomic E-state index is -4.02. The van der Waals surface area contributed by atoms with Crippen molar-refractivity contribution in [3.63, 3.8) is 0 Å². The lowest BCUT2D eigenvalue weighted by Crippen LogP contribution is -2.37. The largest absolute Gasteiger partial charge is 0.461 e. The van der Waals surface area contributed by atoms with Gasteiger partial charge >= 0.3 is 12.1 Å². The summed E-state index contributed by atoms with van der Waals surface area (Å²) in [5.41, 5.74) is 0.0225. The molecule has 12 nitrogen and oxygen atoms in total. The van der Waals surface area contributed by atoms with Crippen LogP contribution in [0, 0.1) is 12.8 Å². The van der Waals surface area contributed by atoms with Gasteiger partial charge in [-0.15, -0.1) is 0 Å². The van der Waals surface area contributed by atoms with Crippen LogP contribution in [-0.2, 0) is 19.5 Å². The van der Waals surface area contributed by atoms with Crippen molar-refractivity contribution in [2.45, 2.75) is 65.0 Å².